The lowest BCUT2D eigenvalue weighted by atomic mass is 10.3. The maximum atomic E-state index is 10.3. The van der Waals surface area contributed by atoms with Crippen LogP contribution in [0, 0.1) is 0 Å². The molecule has 0 bridgehead atoms. The van der Waals surface area contributed by atoms with Crippen LogP contribution in [0.5, 0.6) is 0 Å². The summed E-state index contributed by atoms with van der Waals surface area (Å²) in [6, 6.07) is 7.32. The van der Waals surface area contributed by atoms with Crippen molar-refractivity contribution in [2.75, 3.05) is 11.1 Å². The van der Waals surface area contributed by atoms with Gasteiger partial charge in [-0.25, -0.2) is 4.79 Å². The number of rotatable bonds is 3. The van der Waals surface area contributed by atoms with Crippen LogP contribution in [0.2, 0.25) is 0 Å². The predicted octanol–water partition coefficient (Wildman–Crippen LogP) is 2.89. The molecule has 0 aliphatic rings. The molecular formula is C9H11NO2S. The van der Waals surface area contributed by atoms with E-state index < -0.39 is 6.09 Å². The van der Waals surface area contributed by atoms with Crippen molar-refractivity contribution in [2.24, 2.45) is 0 Å². The zero-order chi connectivity index (χ0) is 9.68. The molecule has 0 aromatic heterocycles. The van der Waals surface area contributed by atoms with Crippen molar-refractivity contribution in [1.29, 1.82) is 0 Å². The molecule has 4 heteroatoms. The Bertz CT molecular complexity index is 284. The lowest BCUT2D eigenvalue weighted by Crippen LogP contribution is -2.06. The molecule has 1 aromatic carbocycles. The van der Waals surface area contributed by atoms with Crippen molar-refractivity contribution in [3.8, 4) is 0 Å². The van der Waals surface area contributed by atoms with Gasteiger partial charge in [-0.3, -0.25) is 5.32 Å². The second kappa shape index (κ2) is 4.77. The largest absolute Gasteiger partial charge is 0.465 e. The fourth-order valence-corrected chi connectivity index (χ4v) is 1.59. The van der Waals surface area contributed by atoms with Crippen LogP contribution < -0.4 is 5.32 Å². The van der Waals surface area contributed by atoms with Gasteiger partial charge in [-0.2, -0.15) is 0 Å². The Morgan fingerprint density at radius 3 is 2.54 bits per heavy atom. The smallest absolute Gasteiger partial charge is 0.409 e. The molecule has 0 saturated carbocycles. The Balaban J connectivity index is 2.64. The van der Waals surface area contributed by atoms with Crippen LogP contribution in [0.25, 0.3) is 0 Å². The number of nitrogens with one attached hydrogen (secondary N) is 1. The molecule has 0 saturated heterocycles. The van der Waals surface area contributed by atoms with Gasteiger partial charge in [0, 0.05) is 10.6 Å². The Kier molecular flexibility index (Phi) is 3.64. The summed E-state index contributed by atoms with van der Waals surface area (Å²) in [6.45, 7) is 2.08. The second-order valence-corrected chi connectivity index (χ2v) is 3.72. The lowest BCUT2D eigenvalue weighted by molar-refractivity contribution is 0.210. The molecule has 0 radical (unpaired) electrons. The van der Waals surface area contributed by atoms with Gasteiger partial charge in [0.15, 0.2) is 0 Å². The molecule has 1 amide bonds. The number of hydrogen-bond donors (Lipinski definition) is 2. The maximum Gasteiger partial charge on any atom is 0.409 e. The van der Waals surface area contributed by atoms with Gasteiger partial charge in [-0.1, -0.05) is 6.92 Å². The third-order valence-electron chi connectivity index (χ3n) is 1.42. The number of amides is 1. The molecule has 0 aliphatic heterocycles. The first kappa shape index (κ1) is 9.92. The first-order valence-electron chi connectivity index (χ1n) is 3.95. The van der Waals surface area contributed by atoms with Gasteiger partial charge < -0.3 is 5.11 Å². The highest BCUT2D eigenvalue weighted by Gasteiger charge is 1.97. The Morgan fingerprint density at radius 1 is 1.46 bits per heavy atom. The fourth-order valence-electron chi connectivity index (χ4n) is 0.925. The van der Waals surface area contributed by atoms with Gasteiger partial charge >= 0.3 is 6.09 Å². The zero-order valence-corrected chi connectivity index (χ0v) is 8.10. The van der Waals surface area contributed by atoms with E-state index in [4.69, 9.17) is 5.11 Å². The van der Waals surface area contributed by atoms with Crippen LogP contribution in [0.4, 0.5) is 10.5 Å². The summed E-state index contributed by atoms with van der Waals surface area (Å²) in [6.07, 6.45) is -1.03. The minimum atomic E-state index is -1.03. The molecule has 0 aliphatic carbocycles. The highest BCUT2D eigenvalue weighted by molar-refractivity contribution is 7.99. The van der Waals surface area contributed by atoms with Crippen molar-refractivity contribution >= 4 is 23.5 Å². The Morgan fingerprint density at radius 2 is 2.08 bits per heavy atom. The number of hydrogen-bond acceptors (Lipinski definition) is 2. The SMILES string of the molecule is CCSc1ccc(NC(=O)O)cc1. The summed E-state index contributed by atoms with van der Waals surface area (Å²) in [7, 11) is 0. The van der Waals surface area contributed by atoms with E-state index in [-0.39, 0.29) is 0 Å². The average molecular weight is 197 g/mol. The molecule has 2 N–H and O–H groups in total. The topological polar surface area (TPSA) is 49.3 Å². The number of benzene rings is 1. The first-order valence-corrected chi connectivity index (χ1v) is 4.93. The molecule has 13 heavy (non-hydrogen) atoms. The van der Waals surface area contributed by atoms with Crippen LogP contribution in [0.15, 0.2) is 29.2 Å². The van der Waals surface area contributed by atoms with Gasteiger partial charge in [-0.05, 0) is 30.0 Å². The van der Waals surface area contributed by atoms with E-state index >= 15 is 0 Å². The molecule has 1 aromatic rings. The standard InChI is InChI=1S/C9H11NO2S/c1-2-13-8-5-3-7(4-6-8)10-9(11)12/h3-6,10H,2H2,1H3,(H,11,12). The van der Waals surface area contributed by atoms with Crippen molar-refractivity contribution in [2.45, 2.75) is 11.8 Å². The van der Waals surface area contributed by atoms with Gasteiger partial charge in [0.2, 0.25) is 0 Å². The molecule has 3 nitrogen and oxygen atoms in total. The highest BCUT2D eigenvalue weighted by atomic mass is 32.2. The molecule has 0 heterocycles. The quantitative estimate of drug-likeness (QED) is 0.732. The van der Waals surface area contributed by atoms with Gasteiger partial charge in [-0.15, -0.1) is 11.8 Å². The predicted molar refractivity (Wildman–Crippen MR) is 54.5 cm³/mol. The van der Waals surface area contributed by atoms with E-state index in [1.54, 1.807) is 23.9 Å². The third-order valence-corrected chi connectivity index (χ3v) is 2.31. The van der Waals surface area contributed by atoms with Crippen LogP contribution in [0.3, 0.4) is 0 Å². The number of carboxylic acid groups (broad SMARTS) is 1. The monoisotopic (exact) mass is 197 g/mol. The van der Waals surface area contributed by atoms with Crippen molar-refractivity contribution in [1.82, 2.24) is 0 Å². The van der Waals surface area contributed by atoms with E-state index in [0.717, 1.165) is 10.6 Å². The number of anilines is 1. The van der Waals surface area contributed by atoms with E-state index in [0.29, 0.717) is 5.69 Å². The molecule has 0 spiro atoms. The normalized spacial score (nSPS) is 9.62. The molecule has 0 fully saturated rings. The summed E-state index contributed by atoms with van der Waals surface area (Å²) in [5, 5.41) is 10.7. The first-order chi connectivity index (χ1) is 6.22. The molecular weight excluding hydrogens is 186 g/mol. The summed E-state index contributed by atoms with van der Waals surface area (Å²) in [5.74, 6) is 1.02. The zero-order valence-electron chi connectivity index (χ0n) is 7.28. The van der Waals surface area contributed by atoms with Crippen molar-refractivity contribution in [3.63, 3.8) is 0 Å². The molecule has 0 unspecified atom stereocenters. The minimum absolute atomic E-state index is 0.605. The highest BCUT2D eigenvalue weighted by Crippen LogP contribution is 2.19. The van der Waals surface area contributed by atoms with E-state index in [9.17, 15) is 4.79 Å². The summed E-state index contributed by atoms with van der Waals surface area (Å²) in [5.41, 5.74) is 0.605. The van der Waals surface area contributed by atoms with Crippen LogP contribution >= 0.6 is 11.8 Å². The molecule has 70 valence electrons. The Hall–Kier alpha value is -1.16. The van der Waals surface area contributed by atoms with Gasteiger partial charge in [0.25, 0.3) is 0 Å². The minimum Gasteiger partial charge on any atom is -0.465 e. The average Bonchev–Trinajstić information content (AvgIpc) is 2.08. The summed E-state index contributed by atoms with van der Waals surface area (Å²) >= 11 is 1.73. The van der Waals surface area contributed by atoms with E-state index in [1.165, 1.54) is 0 Å². The summed E-state index contributed by atoms with van der Waals surface area (Å²) < 4.78 is 0. The third kappa shape index (κ3) is 3.38. The molecule has 1 rings (SSSR count). The van der Waals surface area contributed by atoms with Crippen LogP contribution in [-0.4, -0.2) is 17.0 Å². The van der Waals surface area contributed by atoms with Crippen molar-refractivity contribution in [3.05, 3.63) is 24.3 Å². The van der Waals surface area contributed by atoms with E-state index in [2.05, 4.69) is 12.2 Å². The van der Waals surface area contributed by atoms with Gasteiger partial charge in [0.1, 0.15) is 0 Å². The van der Waals surface area contributed by atoms with E-state index in [1.807, 2.05) is 12.1 Å². The van der Waals surface area contributed by atoms with Crippen molar-refractivity contribution < 1.29 is 9.90 Å². The van der Waals surface area contributed by atoms with Gasteiger partial charge in [0.05, 0.1) is 0 Å². The maximum absolute atomic E-state index is 10.3. The second-order valence-electron chi connectivity index (χ2n) is 2.39. The number of thioether (sulfide) groups is 1. The summed E-state index contributed by atoms with van der Waals surface area (Å²) in [4.78, 5) is 11.4. The Labute approximate surface area is 81.2 Å². The lowest BCUT2D eigenvalue weighted by Gasteiger charge is -2.01. The molecule has 0 atom stereocenters. The fraction of sp³-hybridized carbons (Fsp3) is 0.222. The number of carbonyl (C=O) groups is 1. The van der Waals surface area contributed by atoms with Crippen LogP contribution in [0.1, 0.15) is 6.92 Å². The van der Waals surface area contributed by atoms with Crippen LogP contribution in [-0.2, 0) is 0 Å².